The third-order valence-electron chi connectivity index (χ3n) is 3.65. The standard InChI is InChI=1S/C19H23NO2S/c1-12(2)11-15-5-7-16(8-6-15)13(3)20-19(22)18-10-9-17(23-18)14(4)21/h5-10,12-13H,11H2,1-4H3,(H,20,22)/t13-/m0/s1. The molecule has 0 aliphatic rings. The SMILES string of the molecule is CC(=O)c1ccc(C(=O)N[C@@H](C)c2ccc(CC(C)C)cc2)s1. The fourth-order valence-electron chi connectivity index (χ4n) is 2.41. The van der Waals surface area contributed by atoms with Gasteiger partial charge in [-0.05, 0) is 49.4 Å². The van der Waals surface area contributed by atoms with Crippen LogP contribution in [0.2, 0.25) is 0 Å². The summed E-state index contributed by atoms with van der Waals surface area (Å²) in [4.78, 5) is 24.8. The maximum absolute atomic E-state index is 12.3. The Labute approximate surface area is 141 Å². The summed E-state index contributed by atoms with van der Waals surface area (Å²) in [7, 11) is 0. The van der Waals surface area contributed by atoms with Gasteiger partial charge in [0.15, 0.2) is 5.78 Å². The van der Waals surface area contributed by atoms with E-state index in [1.54, 1.807) is 12.1 Å². The number of carbonyl (C=O) groups excluding carboxylic acids is 2. The second kappa shape index (κ2) is 7.55. The summed E-state index contributed by atoms with van der Waals surface area (Å²) >= 11 is 1.23. The lowest BCUT2D eigenvalue weighted by atomic mass is 10.00. The summed E-state index contributed by atoms with van der Waals surface area (Å²) in [5.74, 6) is 0.483. The predicted octanol–water partition coefficient (Wildman–Crippen LogP) is 4.64. The predicted molar refractivity (Wildman–Crippen MR) is 95.2 cm³/mol. The molecule has 4 heteroatoms. The van der Waals surface area contributed by atoms with Crippen molar-refractivity contribution in [2.75, 3.05) is 0 Å². The number of amides is 1. The first kappa shape index (κ1) is 17.4. The monoisotopic (exact) mass is 329 g/mol. The van der Waals surface area contributed by atoms with Gasteiger partial charge < -0.3 is 5.32 Å². The average Bonchev–Trinajstić information content (AvgIpc) is 2.97. The quantitative estimate of drug-likeness (QED) is 0.785. The highest BCUT2D eigenvalue weighted by molar-refractivity contribution is 7.15. The van der Waals surface area contributed by atoms with Crippen molar-refractivity contribution in [2.45, 2.75) is 40.2 Å². The van der Waals surface area contributed by atoms with Crippen LogP contribution in [0.25, 0.3) is 0 Å². The number of thiophene rings is 1. The van der Waals surface area contributed by atoms with Gasteiger partial charge in [-0.2, -0.15) is 0 Å². The van der Waals surface area contributed by atoms with Gasteiger partial charge in [0.1, 0.15) is 0 Å². The molecular formula is C19H23NO2S. The second-order valence-electron chi connectivity index (χ2n) is 6.25. The maximum atomic E-state index is 12.3. The summed E-state index contributed by atoms with van der Waals surface area (Å²) in [6, 6.07) is 11.7. The van der Waals surface area contributed by atoms with Gasteiger partial charge in [-0.25, -0.2) is 0 Å². The Balaban J connectivity index is 2.01. The molecule has 0 fully saturated rings. The first-order chi connectivity index (χ1) is 10.9. The van der Waals surface area contributed by atoms with Crippen molar-refractivity contribution in [2.24, 2.45) is 5.92 Å². The molecule has 1 heterocycles. The van der Waals surface area contributed by atoms with E-state index in [4.69, 9.17) is 0 Å². The van der Waals surface area contributed by atoms with E-state index in [0.29, 0.717) is 15.7 Å². The van der Waals surface area contributed by atoms with E-state index in [1.807, 2.05) is 6.92 Å². The summed E-state index contributed by atoms with van der Waals surface area (Å²) in [5.41, 5.74) is 2.39. The molecule has 2 rings (SSSR count). The summed E-state index contributed by atoms with van der Waals surface area (Å²) < 4.78 is 0. The molecule has 0 aliphatic heterocycles. The lowest BCUT2D eigenvalue weighted by molar-refractivity contribution is 0.0943. The van der Waals surface area contributed by atoms with Crippen molar-refractivity contribution in [1.82, 2.24) is 5.32 Å². The van der Waals surface area contributed by atoms with Crippen molar-refractivity contribution in [1.29, 1.82) is 0 Å². The third kappa shape index (κ3) is 4.76. The van der Waals surface area contributed by atoms with E-state index in [2.05, 4.69) is 43.4 Å². The molecule has 1 N–H and O–H groups in total. The van der Waals surface area contributed by atoms with Crippen LogP contribution in [0.5, 0.6) is 0 Å². The minimum Gasteiger partial charge on any atom is -0.345 e. The lowest BCUT2D eigenvalue weighted by Gasteiger charge is -2.14. The fraction of sp³-hybridized carbons (Fsp3) is 0.368. The number of rotatable bonds is 6. The van der Waals surface area contributed by atoms with Crippen molar-refractivity contribution in [3.8, 4) is 0 Å². The van der Waals surface area contributed by atoms with Crippen LogP contribution in [0.1, 0.15) is 64.2 Å². The maximum Gasteiger partial charge on any atom is 0.261 e. The average molecular weight is 329 g/mol. The number of ketones is 1. The molecule has 2 aromatic rings. The van der Waals surface area contributed by atoms with Gasteiger partial charge >= 0.3 is 0 Å². The largest absolute Gasteiger partial charge is 0.345 e. The Bertz CT molecular complexity index is 686. The molecule has 1 aromatic carbocycles. The zero-order valence-corrected chi connectivity index (χ0v) is 14.9. The molecule has 0 saturated carbocycles. The molecule has 1 aromatic heterocycles. The van der Waals surface area contributed by atoms with Crippen molar-refractivity contribution in [3.05, 3.63) is 57.3 Å². The highest BCUT2D eigenvalue weighted by Crippen LogP contribution is 2.20. The van der Waals surface area contributed by atoms with Crippen molar-refractivity contribution in [3.63, 3.8) is 0 Å². The number of Topliss-reactive ketones (excluding diaryl/α,β-unsaturated/α-hetero) is 1. The first-order valence-corrected chi connectivity index (χ1v) is 8.69. The molecule has 3 nitrogen and oxygen atoms in total. The van der Waals surface area contributed by atoms with E-state index in [1.165, 1.54) is 23.8 Å². The summed E-state index contributed by atoms with van der Waals surface area (Å²) in [6.45, 7) is 7.88. The van der Waals surface area contributed by atoms with E-state index in [9.17, 15) is 9.59 Å². The number of benzene rings is 1. The smallest absolute Gasteiger partial charge is 0.261 e. The zero-order chi connectivity index (χ0) is 17.0. The van der Waals surface area contributed by atoms with Crippen LogP contribution in [0.3, 0.4) is 0 Å². The van der Waals surface area contributed by atoms with E-state index in [0.717, 1.165) is 12.0 Å². The van der Waals surface area contributed by atoms with Crippen LogP contribution in [-0.2, 0) is 6.42 Å². The van der Waals surface area contributed by atoms with Gasteiger partial charge in [0.2, 0.25) is 0 Å². The summed E-state index contributed by atoms with van der Waals surface area (Å²) in [5, 5.41) is 2.99. The molecular weight excluding hydrogens is 306 g/mol. The van der Waals surface area contributed by atoms with Crippen LogP contribution in [0, 0.1) is 5.92 Å². The third-order valence-corrected chi connectivity index (χ3v) is 4.83. The van der Waals surface area contributed by atoms with Crippen LogP contribution >= 0.6 is 11.3 Å². The highest BCUT2D eigenvalue weighted by atomic mass is 32.1. The molecule has 122 valence electrons. The molecule has 0 aliphatic carbocycles. The molecule has 23 heavy (non-hydrogen) atoms. The van der Waals surface area contributed by atoms with Crippen LogP contribution in [0.15, 0.2) is 36.4 Å². The Kier molecular flexibility index (Phi) is 5.72. The highest BCUT2D eigenvalue weighted by Gasteiger charge is 2.14. The van der Waals surface area contributed by atoms with E-state index >= 15 is 0 Å². The van der Waals surface area contributed by atoms with Crippen molar-refractivity contribution < 1.29 is 9.59 Å². The van der Waals surface area contributed by atoms with Gasteiger partial charge in [0.05, 0.1) is 15.8 Å². The van der Waals surface area contributed by atoms with Gasteiger partial charge in [-0.15, -0.1) is 11.3 Å². The van der Waals surface area contributed by atoms with Crippen LogP contribution < -0.4 is 5.32 Å². The minimum absolute atomic E-state index is 0.0113. The van der Waals surface area contributed by atoms with Crippen molar-refractivity contribution >= 4 is 23.0 Å². The molecule has 0 saturated heterocycles. The Hall–Kier alpha value is -1.94. The normalized spacial score (nSPS) is 12.2. The molecule has 0 bridgehead atoms. The molecule has 1 atom stereocenters. The second-order valence-corrected chi connectivity index (χ2v) is 7.34. The molecule has 0 unspecified atom stereocenters. The van der Waals surface area contributed by atoms with Gasteiger partial charge in [0, 0.05) is 0 Å². The Morgan fingerprint density at radius 2 is 1.61 bits per heavy atom. The Morgan fingerprint density at radius 1 is 1.00 bits per heavy atom. The molecule has 0 radical (unpaired) electrons. The van der Waals surface area contributed by atoms with Gasteiger partial charge in [0.25, 0.3) is 5.91 Å². The van der Waals surface area contributed by atoms with E-state index < -0.39 is 0 Å². The van der Waals surface area contributed by atoms with E-state index in [-0.39, 0.29) is 17.7 Å². The lowest BCUT2D eigenvalue weighted by Crippen LogP contribution is -2.25. The van der Waals surface area contributed by atoms with Crippen LogP contribution in [-0.4, -0.2) is 11.7 Å². The molecule has 1 amide bonds. The first-order valence-electron chi connectivity index (χ1n) is 7.87. The number of hydrogen-bond donors (Lipinski definition) is 1. The van der Waals surface area contributed by atoms with Crippen LogP contribution in [0.4, 0.5) is 0 Å². The minimum atomic E-state index is -0.138. The fourth-order valence-corrected chi connectivity index (χ4v) is 3.22. The van der Waals surface area contributed by atoms with Gasteiger partial charge in [-0.3, -0.25) is 9.59 Å². The van der Waals surface area contributed by atoms with Gasteiger partial charge in [-0.1, -0.05) is 38.1 Å². The summed E-state index contributed by atoms with van der Waals surface area (Å²) in [6.07, 6.45) is 1.06. The number of hydrogen-bond acceptors (Lipinski definition) is 3. The molecule has 0 spiro atoms. The topological polar surface area (TPSA) is 46.2 Å². The zero-order valence-electron chi connectivity index (χ0n) is 14.1. The number of carbonyl (C=O) groups is 2. The Morgan fingerprint density at radius 3 is 2.13 bits per heavy atom. The number of nitrogens with one attached hydrogen (secondary N) is 1.